The van der Waals surface area contributed by atoms with Gasteiger partial charge in [-0.3, -0.25) is 4.99 Å². The molecule has 0 aliphatic carbocycles. The number of urea groups is 1. The summed E-state index contributed by atoms with van der Waals surface area (Å²) in [7, 11) is 1.76. The van der Waals surface area contributed by atoms with E-state index in [1.54, 1.807) is 18.4 Å². The van der Waals surface area contributed by atoms with E-state index in [0.717, 1.165) is 49.7 Å². The maximum atomic E-state index is 12.2. The lowest BCUT2D eigenvalue weighted by atomic mass is 10.2. The molecule has 2 amide bonds. The molecule has 0 saturated carbocycles. The highest BCUT2D eigenvalue weighted by atomic mass is 127. The molecule has 1 aliphatic rings. The van der Waals surface area contributed by atoms with Crippen molar-refractivity contribution in [2.45, 2.75) is 25.9 Å². The largest absolute Gasteiger partial charge is 0.352 e. The molecule has 0 radical (unpaired) electrons. The van der Waals surface area contributed by atoms with Gasteiger partial charge in [0.25, 0.3) is 0 Å². The van der Waals surface area contributed by atoms with Crippen LogP contribution in [0, 0.1) is 0 Å². The van der Waals surface area contributed by atoms with Crippen LogP contribution in [-0.4, -0.2) is 37.0 Å². The number of hydrogen-bond acceptors (Lipinski definition) is 3. The van der Waals surface area contributed by atoms with Gasteiger partial charge < -0.3 is 20.9 Å². The number of guanidine groups is 1. The van der Waals surface area contributed by atoms with Crippen molar-refractivity contribution in [2.75, 3.05) is 25.5 Å². The number of amides is 2. The second kappa shape index (κ2) is 11.1. The minimum absolute atomic E-state index is 0. The number of thiophene rings is 1. The van der Waals surface area contributed by atoms with Crippen LogP contribution in [0.2, 0.25) is 0 Å². The Hall–Kier alpha value is -1.81. The van der Waals surface area contributed by atoms with Crippen molar-refractivity contribution in [1.29, 1.82) is 0 Å². The van der Waals surface area contributed by atoms with Gasteiger partial charge in [-0.15, -0.1) is 24.0 Å². The Balaban J connectivity index is 0.00000261. The molecule has 1 aromatic carbocycles. The van der Waals surface area contributed by atoms with E-state index in [9.17, 15) is 4.79 Å². The summed E-state index contributed by atoms with van der Waals surface area (Å²) < 4.78 is 0. The molecule has 1 aromatic heterocycles. The summed E-state index contributed by atoms with van der Waals surface area (Å²) >= 11 is 1.69. The van der Waals surface area contributed by atoms with Crippen LogP contribution in [0.25, 0.3) is 0 Å². The van der Waals surface area contributed by atoms with E-state index in [0.29, 0.717) is 6.54 Å². The lowest BCUT2D eigenvalue weighted by Gasteiger charge is -2.17. The molecule has 27 heavy (non-hydrogen) atoms. The normalized spacial score (nSPS) is 13.8. The molecule has 0 bridgehead atoms. The predicted octanol–water partition coefficient (Wildman–Crippen LogP) is 3.86. The van der Waals surface area contributed by atoms with E-state index >= 15 is 0 Å². The third-order valence-corrected chi connectivity index (χ3v) is 5.03. The SMILES string of the molecule is CN=C(NCc1ccsc1)NCc1cccc(NC(=O)N2CCCC2)c1.I. The molecule has 6 nitrogen and oxygen atoms in total. The highest BCUT2D eigenvalue weighted by Crippen LogP contribution is 2.14. The van der Waals surface area contributed by atoms with E-state index in [2.05, 4.69) is 37.8 Å². The number of carbonyl (C=O) groups excluding carboxylic acids is 1. The van der Waals surface area contributed by atoms with E-state index in [-0.39, 0.29) is 30.0 Å². The number of halogens is 1. The number of aliphatic imine (C=N–C) groups is 1. The van der Waals surface area contributed by atoms with Crippen LogP contribution in [0.3, 0.4) is 0 Å². The molecule has 3 N–H and O–H groups in total. The van der Waals surface area contributed by atoms with Crippen LogP contribution in [0.5, 0.6) is 0 Å². The average Bonchev–Trinajstić information content (AvgIpc) is 3.36. The van der Waals surface area contributed by atoms with Crippen molar-refractivity contribution in [2.24, 2.45) is 4.99 Å². The third kappa shape index (κ3) is 6.69. The van der Waals surface area contributed by atoms with Gasteiger partial charge in [0.1, 0.15) is 0 Å². The highest BCUT2D eigenvalue weighted by molar-refractivity contribution is 14.0. The Morgan fingerprint density at radius 3 is 2.56 bits per heavy atom. The number of hydrogen-bond donors (Lipinski definition) is 3. The number of rotatable bonds is 5. The zero-order chi connectivity index (χ0) is 18.2. The Kier molecular flexibility index (Phi) is 8.86. The molecule has 3 rings (SSSR count). The standard InChI is InChI=1S/C19H25N5OS.HI/c1-20-18(22-13-16-7-10-26-14-16)21-12-15-5-4-6-17(11-15)23-19(25)24-8-2-3-9-24;/h4-7,10-11,14H,2-3,8-9,12-13H2,1H3,(H,23,25)(H2,20,21,22);1H. The Labute approximate surface area is 181 Å². The number of anilines is 1. The predicted molar refractivity (Wildman–Crippen MR) is 123 cm³/mol. The van der Waals surface area contributed by atoms with Gasteiger partial charge in [0.2, 0.25) is 0 Å². The van der Waals surface area contributed by atoms with Gasteiger partial charge in [0.05, 0.1) is 0 Å². The molecular weight excluding hydrogens is 473 g/mol. The first-order valence-corrected chi connectivity index (χ1v) is 9.79. The van der Waals surface area contributed by atoms with Crippen molar-refractivity contribution >= 4 is 53.0 Å². The van der Waals surface area contributed by atoms with Crippen LogP contribution in [-0.2, 0) is 13.1 Å². The quantitative estimate of drug-likeness (QED) is 0.333. The van der Waals surface area contributed by atoms with Crippen molar-refractivity contribution in [1.82, 2.24) is 15.5 Å². The number of likely N-dealkylation sites (tertiary alicyclic amines) is 1. The zero-order valence-corrected chi connectivity index (χ0v) is 18.6. The van der Waals surface area contributed by atoms with Crippen LogP contribution >= 0.6 is 35.3 Å². The van der Waals surface area contributed by atoms with Crippen LogP contribution in [0.15, 0.2) is 46.1 Å². The first-order valence-electron chi connectivity index (χ1n) is 8.85. The smallest absolute Gasteiger partial charge is 0.321 e. The molecule has 0 atom stereocenters. The molecule has 146 valence electrons. The number of benzene rings is 1. The van der Waals surface area contributed by atoms with Crippen LogP contribution in [0.1, 0.15) is 24.0 Å². The lowest BCUT2D eigenvalue weighted by Crippen LogP contribution is -2.36. The number of carbonyl (C=O) groups is 1. The van der Waals surface area contributed by atoms with Gasteiger partial charge in [-0.25, -0.2) is 4.79 Å². The van der Waals surface area contributed by atoms with Gasteiger partial charge in [0, 0.05) is 38.9 Å². The first-order chi connectivity index (χ1) is 12.7. The lowest BCUT2D eigenvalue weighted by molar-refractivity contribution is 0.222. The highest BCUT2D eigenvalue weighted by Gasteiger charge is 2.17. The monoisotopic (exact) mass is 499 g/mol. The molecule has 2 aromatic rings. The Morgan fingerprint density at radius 1 is 1.15 bits per heavy atom. The second-order valence-electron chi connectivity index (χ2n) is 6.24. The van der Waals surface area contributed by atoms with Crippen molar-refractivity contribution in [3.8, 4) is 0 Å². The first kappa shape index (κ1) is 21.5. The fraction of sp³-hybridized carbons (Fsp3) is 0.368. The molecule has 8 heteroatoms. The molecular formula is C19H26IN5OS. The van der Waals surface area contributed by atoms with E-state index in [4.69, 9.17) is 0 Å². The van der Waals surface area contributed by atoms with Crippen LogP contribution in [0.4, 0.5) is 10.5 Å². The minimum atomic E-state index is -0.0131. The minimum Gasteiger partial charge on any atom is -0.352 e. The van der Waals surface area contributed by atoms with Crippen molar-refractivity contribution in [3.63, 3.8) is 0 Å². The molecule has 1 fully saturated rings. The van der Waals surface area contributed by atoms with Gasteiger partial charge in [0.15, 0.2) is 5.96 Å². The van der Waals surface area contributed by atoms with Crippen LogP contribution < -0.4 is 16.0 Å². The summed E-state index contributed by atoms with van der Waals surface area (Å²) in [6, 6.07) is 9.98. The van der Waals surface area contributed by atoms with Gasteiger partial charge in [-0.1, -0.05) is 12.1 Å². The maximum Gasteiger partial charge on any atom is 0.321 e. The van der Waals surface area contributed by atoms with E-state index < -0.39 is 0 Å². The summed E-state index contributed by atoms with van der Waals surface area (Å²) in [5.74, 6) is 0.753. The van der Waals surface area contributed by atoms with E-state index in [1.807, 2.05) is 29.2 Å². The molecule has 2 heterocycles. The summed E-state index contributed by atoms with van der Waals surface area (Å²) in [6.07, 6.45) is 2.18. The van der Waals surface area contributed by atoms with E-state index in [1.165, 1.54) is 5.56 Å². The molecule has 0 spiro atoms. The third-order valence-electron chi connectivity index (χ3n) is 4.30. The fourth-order valence-electron chi connectivity index (χ4n) is 2.87. The second-order valence-corrected chi connectivity index (χ2v) is 7.02. The zero-order valence-electron chi connectivity index (χ0n) is 15.4. The molecule has 0 unspecified atom stereocenters. The average molecular weight is 499 g/mol. The van der Waals surface area contributed by atoms with Crippen molar-refractivity contribution < 1.29 is 4.79 Å². The van der Waals surface area contributed by atoms with Gasteiger partial charge in [-0.2, -0.15) is 11.3 Å². The molecule has 1 aliphatic heterocycles. The number of nitrogens with zero attached hydrogens (tertiary/aromatic N) is 2. The Morgan fingerprint density at radius 2 is 1.89 bits per heavy atom. The number of nitrogens with one attached hydrogen (secondary N) is 3. The summed E-state index contributed by atoms with van der Waals surface area (Å²) in [6.45, 7) is 3.07. The summed E-state index contributed by atoms with van der Waals surface area (Å²) in [5.41, 5.74) is 3.15. The van der Waals surface area contributed by atoms with Gasteiger partial charge in [-0.05, 0) is 52.9 Å². The summed E-state index contributed by atoms with van der Waals surface area (Å²) in [4.78, 5) is 18.3. The maximum absolute atomic E-state index is 12.2. The Bertz CT molecular complexity index is 744. The fourth-order valence-corrected chi connectivity index (χ4v) is 3.54. The topological polar surface area (TPSA) is 68.8 Å². The van der Waals surface area contributed by atoms with Gasteiger partial charge >= 0.3 is 6.03 Å². The molecule has 1 saturated heterocycles. The summed E-state index contributed by atoms with van der Waals surface area (Å²) in [5, 5.41) is 13.8. The van der Waals surface area contributed by atoms with Crippen molar-refractivity contribution in [3.05, 3.63) is 52.2 Å².